The number of hydrogen-bond donors (Lipinski definition) is 1. The zero-order valence-electron chi connectivity index (χ0n) is 18.2. The van der Waals surface area contributed by atoms with Crippen molar-refractivity contribution in [1.29, 1.82) is 0 Å². The number of carbonyl (C=O) groups is 1. The van der Waals surface area contributed by atoms with Crippen LogP contribution in [0.15, 0.2) is 48.5 Å². The molecule has 1 unspecified atom stereocenters. The van der Waals surface area contributed by atoms with E-state index in [0.29, 0.717) is 35.5 Å². The molecule has 1 N–H and O–H groups in total. The number of aromatic nitrogens is 4. The summed E-state index contributed by atoms with van der Waals surface area (Å²) in [4.78, 5) is 16.1. The van der Waals surface area contributed by atoms with Gasteiger partial charge in [-0.15, -0.1) is 10.2 Å². The van der Waals surface area contributed by atoms with Crippen LogP contribution in [0, 0.1) is 12.8 Å². The van der Waals surface area contributed by atoms with Crippen LogP contribution < -0.4 is 0 Å². The molecule has 1 atom stereocenters. The number of hydrogen-bond acceptors (Lipinski definition) is 5. The van der Waals surface area contributed by atoms with Gasteiger partial charge in [0.2, 0.25) is 5.91 Å². The lowest BCUT2D eigenvalue weighted by atomic mass is 9.87. The van der Waals surface area contributed by atoms with Gasteiger partial charge in [0.1, 0.15) is 0 Å². The molecule has 7 nitrogen and oxygen atoms in total. The zero-order chi connectivity index (χ0) is 23.4. The minimum absolute atomic E-state index is 0.0509. The van der Waals surface area contributed by atoms with Gasteiger partial charge in [0.05, 0.1) is 12.6 Å². The van der Waals surface area contributed by atoms with Gasteiger partial charge in [0.15, 0.2) is 5.82 Å². The Morgan fingerprint density at radius 2 is 1.85 bits per heavy atom. The van der Waals surface area contributed by atoms with Crippen LogP contribution >= 0.6 is 23.2 Å². The highest BCUT2D eigenvalue weighted by molar-refractivity contribution is 6.30. The Morgan fingerprint density at radius 1 is 1.15 bits per heavy atom. The summed E-state index contributed by atoms with van der Waals surface area (Å²) in [7, 11) is 0. The Bertz CT molecular complexity index is 1140. The Balaban J connectivity index is 1.37. The van der Waals surface area contributed by atoms with Gasteiger partial charge < -0.3 is 10.0 Å². The van der Waals surface area contributed by atoms with E-state index in [0.717, 1.165) is 29.5 Å². The zero-order valence-corrected chi connectivity index (χ0v) is 19.7. The molecule has 1 saturated heterocycles. The maximum atomic E-state index is 12.8. The van der Waals surface area contributed by atoms with Gasteiger partial charge in [-0.2, -0.15) is 4.80 Å². The third kappa shape index (κ3) is 5.99. The number of tetrazole rings is 1. The van der Waals surface area contributed by atoms with E-state index < -0.39 is 6.10 Å². The maximum Gasteiger partial charge on any atom is 0.246 e. The number of aliphatic hydroxyl groups excluding tert-OH is 1. The fraction of sp³-hybridized carbons (Fsp3) is 0.333. The van der Waals surface area contributed by atoms with Gasteiger partial charge in [0, 0.05) is 29.2 Å². The molecule has 1 fully saturated rings. The Morgan fingerprint density at radius 3 is 2.52 bits per heavy atom. The van der Waals surface area contributed by atoms with Crippen LogP contribution in [-0.2, 0) is 11.3 Å². The third-order valence-electron chi connectivity index (χ3n) is 5.88. The number of carbonyl (C=O) groups excluding carboxylic acids is 1. The lowest BCUT2D eigenvalue weighted by Crippen LogP contribution is -2.38. The summed E-state index contributed by atoms with van der Waals surface area (Å²) >= 11 is 12.1. The molecule has 172 valence electrons. The Hall–Kier alpha value is -2.74. The maximum absolute atomic E-state index is 12.8. The lowest BCUT2D eigenvalue weighted by Gasteiger charge is -2.34. The molecular formula is C24H25Cl2N5O2. The summed E-state index contributed by atoms with van der Waals surface area (Å²) in [5.74, 6) is 0.652. The molecule has 1 amide bonds. The smallest absolute Gasteiger partial charge is 0.246 e. The minimum atomic E-state index is -0.555. The van der Waals surface area contributed by atoms with Crippen molar-refractivity contribution in [1.82, 2.24) is 25.1 Å². The molecule has 0 aliphatic carbocycles. The molecule has 1 aromatic heterocycles. The van der Waals surface area contributed by atoms with E-state index in [-0.39, 0.29) is 11.8 Å². The number of nitrogens with zero attached hydrogens (tertiary/aromatic N) is 5. The molecule has 9 heteroatoms. The van der Waals surface area contributed by atoms with E-state index in [4.69, 9.17) is 23.2 Å². The summed E-state index contributed by atoms with van der Waals surface area (Å²) < 4.78 is 0. The molecule has 0 saturated carbocycles. The van der Waals surface area contributed by atoms with Gasteiger partial charge in [-0.05, 0) is 77.9 Å². The van der Waals surface area contributed by atoms with Crippen LogP contribution in [0.5, 0.6) is 0 Å². The SMILES string of the molecule is Cc1nnn(Cc2cc(Cl)ccc2C=CC(=O)N2CCC(C(O)c3ccc(Cl)cc3)CC2)n1. The van der Waals surface area contributed by atoms with E-state index >= 15 is 0 Å². The van der Waals surface area contributed by atoms with E-state index in [1.54, 1.807) is 37.3 Å². The van der Waals surface area contributed by atoms with Gasteiger partial charge in [-0.1, -0.05) is 41.4 Å². The average Bonchev–Trinajstić information content (AvgIpc) is 3.23. The van der Waals surface area contributed by atoms with E-state index in [1.807, 2.05) is 29.2 Å². The number of rotatable bonds is 6. The van der Waals surface area contributed by atoms with Crippen molar-refractivity contribution >= 4 is 35.2 Å². The monoisotopic (exact) mass is 485 g/mol. The van der Waals surface area contributed by atoms with E-state index in [1.165, 1.54) is 4.80 Å². The van der Waals surface area contributed by atoms with Crippen molar-refractivity contribution in [3.63, 3.8) is 0 Å². The third-order valence-corrected chi connectivity index (χ3v) is 6.37. The molecule has 2 heterocycles. The minimum Gasteiger partial charge on any atom is -0.388 e. The van der Waals surface area contributed by atoms with Gasteiger partial charge in [0.25, 0.3) is 0 Å². The molecule has 0 spiro atoms. The number of benzene rings is 2. The fourth-order valence-corrected chi connectivity index (χ4v) is 4.37. The van der Waals surface area contributed by atoms with Crippen molar-refractivity contribution in [2.75, 3.05) is 13.1 Å². The first-order chi connectivity index (χ1) is 15.9. The summed E-state index contributed by atoms with van der Waals surface area (Å²) in [6, 6.07) is 12.8. The van der Waals surface area contributed by atoms with Crippen molar-refractivity contribution in [2.24, 2.45) is 5.92 Å². The van der Waals surface area contributed by atoms with Gasteiger partial charge >= 0.3 is 0 Å². The fourth-order valence-electron chi connectivity index (χ4n) is 4.05. The number of aryl methyl sites for hydroxylation is 1. The Kier molecular flexibility index (Phi) is 7.42. The van der Waals surface area contributed by atoms with E-state index in [9.17, 15) is 9.90 Å². The summed E-state index contributed by atoms with van der Waals surface area (Å²) in [6.45, 7) is 3.39. The average molecular weight is 486 g/mol. The normalized spacial score (nSPS) is 15.8. The second-order valence-corrected chi connectivity index (χ2v) is 9.08. The highest BCUT2D eigenvalue weighted by Gasteiger charge is 2.27. The highest BCUT2D eigenvalue weighted by Crippen LogP contribution is 2.31. The van der Waals surface area contributed by atoms with Crippen LogP contribution in [0.2, 0.25) is 10.0 Å². The molecule has 33 heavy (non-hydrogen) atoms. The molecule has 1 aliphatic heterocycles. The molecule has 3 aromatic rings. The topological polar surface area (TPSA) is 84.1 Å². The summed E-state index contributed by atoms with van der Waals surface area (Å²) in [5, 5.41) is 24.1. The standard InChI is InChI=1S/C24H25Cl2N5O2/c1-16-27-29-31(28-16)15-20-14-22(26)8-2-17(20)5-9-23(32)30-12-10-19(11-13-30)24(33)18-3-6-21(25)7-4-18/h2-9,14,19,24,33H,10-13,15H2,1H3. The van der Waals surface area contributed by atoms with Crippen LogP contribution in [0.4, 0.5) is 0 Å². The first-order valence-electron chi connectivity index (χ1n) is 10.8. The number of likely N-dealkylation sites (tertiary alicyclic amines) is 1. The van der Waals surface area contributed by atoms with Crippen molar-refractivity contribution in [3.05, 3.63) is 81.1 Å². The molecule has 2 aromatic carbocycles. The Labute approximate surface area is 202 Å². The number of piperidine rings is 1. The summed E-state index contributed by atoms with van der Waals surface area (Å²) in [5.41, 5.74) is 2.63. The summed E-state index contributed by atoms with van der Waals surface area (Å²) in [6.07, 6.45) is 4.32. The predicted molar refractivity (Wildman–Crippen MR) is 128 cm³/mol. The quantitative estimate of drug-likeness (QED) is 0.525. The molecular weight excluding hydrogens is 461 g/mol. The first-order valence-corrected chi connectivity index (χ1v) is 11.6. The van der Waals surface area contributed by atoms with Crippen LogP contribution in [0.1, 0.15) is 41.5 Å². The van der Waals surface area contributed by atoms with Crippen LogP contribution in [0.3, 0.4) is 0 Å². The van der Waals surface area contributed by atoms with Crippen LogP contribution in [0.25, 0.3) is 6.08 Å². The molecule has 0 bridgehead atoms. The number of halogens is 2. The number of aliphatic hydroxyl groups is 1. The van der Waals surface area contributed by atoms with Crippen molar-refractivity contribution in [2.45, 2.75) is 32.4 Å². The second-order valence-electron chi connectivity index (χ2n) is 8.20. The van der Waals surface area contributed by atoms with Gasteiger partial charge in [-0.3, -0.25) is 4.79 Å². The van der Waals surface area contributed by atoms with Gasteiger partial charge in [-0.25, -0.2) is 0 Å². The highest BCUT2D eigenvalue weighted by atomic mass is 35.5. The van der Waals surface area contributed by atoms with Crippen LogP contribution in [-0.4, -0.2) is 49.2 Å². The second kappa shape index (κ2) is 10.5. The molecule has 4 rings (SSSR count). The number of amides is 1. The lowest BCUT2D eigenvalue weighted by molar-refractivity contribution is -0.127. The molecule has 1 aliphatic rings. The van der Waals surface area contributed by atoms with Crippen molar-refractivity contribution in [3.8, 4) is 0 Å². The molecule has 0 radical (unpaired) electrons. The van der Waals surface area contributed by atoms with E-state index in [2.05, 4.69) is 15.4 Å². The predicted octanol–water partition coefficient (Wildman–Crippen LogP) is 4.32. The van der Waals surface area contributed by atoms with Crippen molar-refractivity contribution < 1.29 is 9.90 Å². The largest absolute Gasteiger partial charge is 0.388 e. The first kappa shape index (κ1) is 23.4.